The Labute approximate surface area is 72.9 Å². The molecule has 0 aromatic heterocycles. The lowest BCUT2D eigenvalue weighted by Crippen LogP contribution is -2.37. The molecule has 0 aliphatic heterocycles. The number of rotatable bonds is 2. The molecule has 0 saturated heterocycles. The first kappa shape index (κ1) is 9.36. The summed E-state index contributed by atoms with van der Waals surface area (Å²) < 4.78 is 3.33. The monoisotopic (exact) mass is 175 g/mol. The van der Waals surface area contributed by atoms with Crippen molar-refractivity contribution in [3.63, 3.8) is 0 Å². The van der Waals surface area contributed by atoms with Gasteiger partial charge < -0.3 is 5.11 Å². The molecule has 0 spiro atoms. The molecule has 0 aromatic carbocycles. The first-order valence-corrected chi connectivity index (χ1v) is 5.37. The van der Waals surface area contributed by atoms with Crippen LogP contribution in [0.5, 0.6) is 0 Å². The molecule has 0 aromatic rings. The standard InChI is InChI=1S/C8H17NOS/c1-8(10)5-3-7(4-6-8)9-11-2/h7,9-10H,3-6H2,1-2H3/t7-,8-. The molecule has 1 rings (SSSR count). The minimum Gasteiger partial charge on any atom is -0.390 e. The summed E-state index contributed by atoms with van der Waals surface area (Å²) in [6.07, 6.45) is 6.13. The van der Waals surface area contributed by atoms with Crippen LogP contribution < -0.4 is 4.72 Å². The predicted octanol–water partition coefficient (Wildman–Crippen LogP) is 1.55. The van der Waals surface area contributed by atoms with Gasteiger partial charge in [0, 0.05) is 6.04 Å². The van der Waals surface area contributed by atoms with Crippen molar-refractivity contribution in [3.05, 3.63) is 0 Å². The molecule has 2 N–H and O–H groups in total. The van der Waals surface area contributed by atoms with E-state index in [9.17, 15) is 5.11 Å². The second kappa shape index (κ2) is 3.78. The summed E-state index contributed by atoms with van der Waals surface area (Å²) in [6, 6.07) is 0.616. The second-order valence-corrected chi connectivity index (χ2v) is 4.24. The van der Waals surface area contributed by atoms with Crippen molar-refractivity contribution >= 4 is 11.9 Å². The van der Waals surface area contributed by atoms with Crippen molar-refractivity contribution in [1.29, 1.82) is 0 Å². The average Bonchev–Trinajstić information content (AvgIpc) is 1.94. The number of hydrogen-bond acceptors (Lipinski definition) is 3. The Morgan fingerprint density at radius 3 is 2.45 bits per heavy atom. The van der Waals surface area contributed by atoms with Gasteiger partial charge in [-0.15, -0.1) is 0 Å². The van der Waals surface area contributed by atoms with Crippen LogP contribution in [0.3, 0.4) is 0 Å². The quantitative estimate of drug-likeness (QED) is 0.625. The fraction of sp³-hybridized carbons (Fsp3) is 1.00. The largest absolute Gasteiger partial charge is 0.390 e. The Hall–Kier alpha value is 0.270. The third kappa shape index (κ3) is 3.01. The Morgan fingerprint density at radius 1 is 1.45 bits per heavy atom. The summed E-state index contributed by atoms with van der Waals surface area (Å²) in [7, 11) is 0. The van der Waals surface area contributed by atoms with E-state index < -0.39 is 5.60 Å². The molecule has 0 radical (unpaired) electrons. The van der Waals surface area contributed by atoms with Gasteiger partial charge in [-0.25, -0.2) is 0 Å². The number of hydrogen-bond donors (Lipinski definition) is 2. The molecule has 0 unspecified atom stereocenters. The Morgan fingerprint density at radius 2 is 2.00 bits per heavy atom. The average molecular weight is 175 g/mol. The first-order valence-electron chi connectivity index (χ1n) is 4.15. The van der Waals surface area contributed by atoms with Gasteiger partial charge in [0.2, 0.25) is 0 Å². The van der Waals surface area contributed by atoms with Crippen molar-refractivity contribution in [2.24, 2.45) is 0 Å². The molecular weight excluding hydrogens is 158 g/mol. The fourth-order valence-electron chi connectivity index (χ4n) is 1.52. The zero-order valence-corrected chi connectivity index (χ0v) is 8.08. The van der Waals surface area contributed by atoms with Gasteiger partial charge >= 0.3 is 0 Å². The highest BCUT2D eigenvalue weighted by Crippen LogP contribution is 2.27. The first-order chi connectivity index (χ1) is 5.14. The second-order valence-electron chi connectivity index (χ2n) is 3.59. The van der Waals surface area contributed by atoms with E-state index in [1.165, 1.54) is 0 Å². The van der Waals surface area contributed by atoms with Gasteiger partial charge in [0.25, 0.3) is 0 Å². The van der Waals surface area contributed by atoms with Gasteiger partial charge in [-0.1, -0.05) is 11.9 Å². The Balaban J connectivity index is 2.25. The van der Waals surface area contributed by atoms with Crippen LogP contribution in [-0.4, -0.2) is 23.0 Å². The van der Waals surface area contributed by atoms with Crippen LogP contribution in [0.4, 0.5) is 0 Å². The summed E-state index contributed by atoms with van der Waals surface area (Å²) >= 11 is 1.68. The predicted molar refractivity (Wildman–Crippen MR) is 49.5 cm³/mol. The van der Waals surface area contributed by atoms with Gasteiger partial charge in [-0.05, 0) is 38.9 Å². The molecule has 11 heavy (non-hydrogen) atoms. The molecule has 2 nitrogen and oxygen atoms in total. The van der Waals surface area contributed by atoms with E-state index in [2.05, 4.69) is 4.72 Å². The summed E-state index contributed by atoms with van der Waals surface area (Å²) in [5.74, 6) is 0. The van der Waals surface area contributed by atoms with Crippen LogP contribution in [0, 0.1) is 0 Å². The highest BCUT2D eigenvalue weighted by atomic mass is 32.2. The number of nitrogens with one attached hydrogen (secondary N) is 1. The topological polar surface area (TPSA) is 32.3 Å². The molecule has 66 valence electrons. The van der Waals surface area contributed by atoms with Crippen molar-refractivity contribution in [2.45, 2.75) is 44.2 Å². The van der Waals surface area contributed by atoms with E-state index in [0.717, 1.165) is 25.7 Å². The number of aliphatic hydroxyl groups is 1. The van der Waals surface area contributed by atoms with Crippen molar-refractivity contribution in [1.82, 2.24) is 4.72 Å². The van der Waals surface area contributed by atoms with E-state index >= 15 is 0 Å². The summed E-state index contributed by atoms with van der Waals surface area (Å²) in [4.78, 5) is 0. The van der Waals surface area contributed by atoms with Crippen LogP contribution in [0.1, 0.15) is 32.6 Å². The van der Waals surface area contributed by atoms with Crippen molar-refractivity contribution in [3.8, 4) is 0 Å². The van der Waals surface area contributed by atoms with Crippen LogP contribution in [0.2, 0.25) is 0 Å². The van der Waals surface area contributed by atoms with Crippen LogP contribution in [0.25, 0.3) is 0 Å². The van der Waals surface area contributed by atoms with Gasteiger partial charge in [0.1, 0.15) is 0 Å². The molecule has 1 fully saturated rings. The third-order valence-electron chi connectivity index (χ3n) is 2.35. The van der Waals surface area contributed by atoms with E-state index in [4.69, 9.17) is 0 Å². The lowest BCUT2D eigenvalue weighted by atomic mass is 9.84. The lowest BCUT2D eigenvalue weighted by molar-refractivity contribution is 0.0166. The smallest absolute Gasteiger partial charge is 0.0621 e. The highest BCUT2D eigenvalue weighted by Gasteiger charge is 2.27. The molecule has 1 saturated carbocycles. The molecule has 3 heteroatoms. The normalized spacial score (nSPS) is 39.0. The zero-order chi connectivity index (χ0) is 8.32. The maximum Gasteiger partial charge on any atom is 0.0621 e. The van der Waals surface area contributed by atoms with Gasteiger partial charge in [0.15, 0.2) is 0 Å². The van der Waals surface area contributed by atoms with Gasteiger partial charge in [-0.2, -0.15) is 0 Å². The highest BCUT2D eigenvalue weighted by molar-refractivity contribution is 7.96. The van der Waals surface area contributed by atoms with E-state index in [0.29, 0.717) is 6.04 Å². The van der Waals surface area contributed by atoms with Crippen molar-refractivity contribution in [2.75, 3.05) is 6.26 Å². The van der Waals surface area contributed by atoms with Crippen LogP contribution in [-0.2, 0) is 0 Å². The van der Waals surface area contributed by atoms with Crippen LogP contribution in [0.15, 0.2) is 0 Å². The van der Waals surface area contributed by atoms with Gasteiger partial charge in [0.05, 0.1) is 5.60 Å². The Kier molecular flexibility index (Phi) is 3.22. The van der Waals surface area contributed by atoms with Crippen LogP contribution >= 0.6 is 11.9 Å². The molecule has 0 atom stereocenters. The van der Waals surface area contributed by atoms with Crippen molar-refractivity contribution < 1.29 is 5.11 Å². The minimum absolute atomic E-state index is 0.392. The molecular formula is C8H17NOS. The molecule has 0 heterocycles. The minimum atomic E-state index is -0.392. The SMILES string of the molecule is CSN[C@H]1CC[C@](C)(O)CC1. The Bertz CT molecular complexity index is 117. The third-order valence-corrected chi connectivity index (χ3v) is 2.92. The van der Waals surface area contributed by atoms with E-state index in [1.54, 1.807) is 11.9 Å². The van der Waals surface area contributed by atoms with E-state index in [1.807, 2.05) is 13.2 Å². The maximum absolute atomic E-state index is 9.63. The fourth-order valence-corrected chi connectivity index (χ4v) is 2.09. The molecule has 0 bridgehead atoms. The maximum atomic E-state index is 9.63. The molecule has 0 amide bonds. The lowest BCUT2D eigenvalue weighted by Gasteiger charge is -2.32. The molecule has 1 aliphatic rings. The summed E-state index contributed by atoms with van der Waals surface area (Å²) in [5, 5.41) is 9.63. The zero-order valence-electron chi connectivity index (χ0n) is 7.26. The molecule has 1 aliphatic carbocycles. The van der Waals surface area contributed by atoms with Gasteiger partial charge in [-0.3, -0.25) is 4.72 Å². The van der Waals surface area contributed by atoms with E-state index in [-0.39, 0.29) is 0 Å². The summed E-state index contributed by atoms with van der Waals surface area (Å²) in [5.41, 5.74) is -0.392. The summed E-state index contributed by atoms with van der Waals surface area (Å²) in [6.45, 7) is 1.93.